The van der Waals surface area contributed by atoms with Gasteiger partial charge in [-0.25, -0.2) is 0 Å². The molecule has 0 saturated heterocycles. The summed E-state index contributed by atoms with van der Waals surface area (Å²) in [7, 11) is 1.74. The standard InChI is InChI=1S/C17H21ClN2O3/c1-11(2)16-15(12(3)19-23-16)17(21)20(4)8-9-22-14-7-5-6-13(18)10-14/h5-7,10-11H,8-9H2,1-4H3. The van der Waals surface area contributed by atoms with Gasteiger partial charge in [0.15, 0.2) is 5.76 Å². The highest BCUT2D eigenvalue weighted by Crippen LogP contribution is 2.23. The smallest absolute Gasteiger partial charge is 0.259 e. The monoisotopic (exact) mass is 336 g/mol. The molecule has 1 heterocycles. The van der Waals surface area contributed by atoms with E-state index in [-0.39, 0.29) is 11.8 Å². The number of carbonyl (C=O) groups excluding carboxylic acids is 1. The lowest BCUT2D eigenvalue weighted by atomic mass is 10.0. The van der Waals surface area contributed by atoms with Gasteiger partial charge in [0.05, 0.1) is 12.2 Å². The molecule has 0 radical (unpaired) electrons. The maximum Gasteiger partial charge on any atom is 0.259 e. The Morgan fingerprint density at radius 1 is 1.43 bits per heavy atom. The maximum atomic E-state index is 12.6. The highest BCUT2D eigenvalue weighted by atomic mass is 35.5. The third-order valence-electron chi connectivity index (χ3n) is 3.47. The largest absolute Gasteiger partial charge is 0.492 e. The molecule has 0 aliphatic rings. The van der Waals surface area contributed by atoms with Gasteiger partial charge in [-0.1, -0.05) is 36.7 Å². The first-order valence-corrected chi connectivity index (χ1v) is 7.88. The summed E-state index contributed by atoms with van der Waals surface area (Å²) >= 11 is 5.91. The number of hydrogen-bond acceptors (Lipinski definition) is 4. The van der Waals surface area contributed by atoms with Crippen LogP contribution in [0.5, 0.6) is 5.75 Å². The molecule has 0 atom stereocenters. The number of hydrogen-bond donors (Lipinski definition) is 0. The fourth-order valence-electron chi connectivity index (χ4n) is 2.19. The number of ether oxygens (including phenoxy) is 1. The molecule has 0 N–H and O–H groups in total. The van der Waals surface area contributed by atoms with Crippen molar-refractivity contribution in [3.05, 3.63) is 46.3 Å². The topological polar surface area (TPSA) is 55.6 Å². The minimum Gasteiger partial charge on any atom is -0.492 e. The van der Waals surface area contributed by atoms with E-state index in [9.17, 15) is 4.79 Å². The van der Waals surface area contributed by atoms with Crippen molar-refractivity contribution in [3.8, 4) is 5.75 Å². The van der Waals surface area contributed by atoms with Crippen LogP contribution < -0.4 is 4.74 Å². The number of carbonyl (C=O) groups is 1. The van der Waals surface area contributed by atoms with Crippen molar-refractivity contribution in [1.82, 2.24) is 10.1 Å². The summed E-state index contributed by atoms with van der Waals surface area (Å²) in [5.74, 6) is 1.30. The minimum atomic E-state index is -0.109. The predicted octanol–water partition coefficient (Wildman–Crippen LogP) is 3.91. The van der Waals surface area contributed by atoms with Gasteiger partial charge in [0, 0.05) is 18.0 Å². The average molecular weight is 337 g/mol. The van der Waals surface area contributed by atoms with Crippen LogP contribution in [-0.2, 0) is 0 Å². The van der Waals surface area contributed by atoms with Crippen LogP contribution in [0.1, 0.15) is 41.6 Å². The molecule has 0 spiro atoms. The second-order valence-electron chi connectivity index (χ2n) is 5.69. The van der Waals surface area contributed by atoms with E-state index in [2.05, 4.69) is 5.16 Å². The number of rotatable bonds is 6. The van der Waals surface area contributed by atoms with E-state index < -0.39 is 0 Å². The van der Waals surface area contributed by atoms with Crippen molar-refractivity contribution in [1.29, 1.82) is 0 Å². The van der Waals surface area contributed by atoms with Crippen LogP contribution in [0.25, 0.3) is 0 Å². The van der Waals surface area contributed by atoms with Gasteiger partial charge in [0.25, 0.3) is 5.91 Å². The fourth-order valence-corrected chi connectivity index (χ4v) is 2.37. The predicted molar refractivity (Wildman–Crippen MR) is 89.2 cm³/mol. The zero-order valence-corrected chi connectivity index (χ0v) is 14.6. The molecule has 124 valence electrons. The molecule has 2 aromatic rings. The van der Waals surface area contributed by atoms with E-state index in [0.29, 0.717) is 40.9 Å². The van der Waals surface area contributed by atoms with E-state index in [1.165, 1.54) is 0 Å². The molecule has 1 amide bonds. The van der Waals surface area contributed by atoms with Crippen LogP contribution in [0.4, 0.5) is 0 Å². The summed E-state index contributed by atoms with van der Waals surface area (Å²) < 4.78 is 10.9. The Hall–Kier alpha value is -2.01. The molecular formula is C17H21ClN2O3. The van der Waals surface area contributed by atoms with E-state index in [1.807, 2.05) is 26.0 Å². The van der Waals surface area contributed by atoms with E-state index in [1.54, 1.807) is 31.0 Å². The van der Waals surface area contributed by atoms with Crippen LogP contribution in [-0.4, -0.2) is 36.2 Å². The maximum absolute atomic E-state index is 12.6. The molecule has 1 aromatic heterocycles. The molecule has 23 heavy (non-hydrogen) atoms. The normalized spacial score (nSPS) is 10.9. The molecule has 0 aliphatic heterocycles. The first-order valence-electron chi connectivity index (χ1n) is 7.50. The van der Waals surface area contributed by atoms with Gasteiger partial charge < -0.3 is 14.2 Å². The Bertz CT molecular complexity index is 682. The molecule has 0 bridgehead atoms. The van der Waals surface area contributed by atoms with E-state index in [0.717, 1.165) is 0 Å². The third-order valence-corrected chi connectivity index (χ3v) is 3.70. The minimum absolute atomic E-state index is 0.103. The van der Waals surface area contributed by atoms with Gasteiger partial charge in [0.1, 0.15) is 17.9 Å². The van der Waals surface area contributed by atoms with Gasteiger partial charge in [0.2, 0.25) is 0 Å². The lowest BCUT2D eigenvalue weighted by molar-refractivity contribution is 0.0770. The number of aromatic nitrogens is 1. The Morgan fingerprint density at radius 2 is 2.17 bits per heavy atom. The Balaban J connectivity index is 1.97. The van der Waals surface area contributed by atoms with E-state index in [4.69, 9.17) is 20.9 Å². The van der Waals surface area contributed by atoms with Crippen molar-refractivity contribution in [2.24, 2.45) is 0 Å². The number of likely N-dealkylation sites (N-methyl/N-ethyl adjacent to an activating group) is 1. The lowest BCUT2D eigenvalue weighted by Gasteiger charge is -2.18. The van der Waals surface area contributed by atoms with Crippen LogP contribution in [0.15, 0.2) is 28.8 Å². The molecule has 1 aromatic carbocycles. The molecule has 0 fully saturated rings. The number of halogens is 1. The molecule has 0 aliphatic carbocycles. The van der Waals surface area contributed by atoms with Gasteiger partial charge >= 0.3 is 0 Å². The Labute approximate surface area is 141 Å². The van der Waals surface area contributed by atoms with Gasteiger partial charge in [-0.05, 0) is 25.1 Å². The molecular weight excluding hydrogens is 316 g/mol. The second-order valence-corrected chi connectivity index (χ2v) is 6.13. The zero-order valence-electron chi connectivity index (χ0n) is 13.8. The highest BCUT2D eigenvalue weighted by Gasteiger charge is 2.24. The highest BCUT2D eigenvalue weighted by molar-refractivity contribution is 6.30. The van der Waals surface area contributed by atoms with Crippen LogP contribution in [0.2, 0.25) is 5.02 Å². The summed E-state index contributed by atoms with van der Waals surface area (Å²) in [6.45, 7) is 6.55. The average Bonchev–Trinajstić information content (AvgIpc) is 2.88. The van der Waals surface area contributed by atoms with E-state index >= 15 is 0 Å². The fraction of sp³-hybridized carbons (Fsp3) is 0.412. The molecule has 6 heteroatoms. The summed E-state index contributed by atoms with van der Waals surface area (Å²) in [6, 6.07) is 7.17. The first-order chi connectivity index (χ1) is 10.9. The number of amides is 1. The number of nitrogens with zero attached hydrogens (tertiary/aromatic N) is 2. The zero-order chi connectivity index (χ0) is 17.0. The SMILES string of the molecule is Cc1noc(C(C)C)c1C(=O)N(C)CCOc1cccc(Cl)c1. The van der Waals surface area contributed by atoms with Crippen LogP contribution in [0.3, 0.4) is 0 Å². The second kappa shape index (κ2) is 7.51. The van der Waals surface area contributed by atoms with Crippen molar-refractivity contribution in [3.63, 3.8) is 0 Å². The van der Waals surface area contributed by atoms with Crippen LogP contribution >= 0.6 is 11.6 Å². The first kappa shape index (κ1) is 17.3. The summed E-state index contributed by atoms with van der Waals surface area (Å²) in [6.07, 6.45) is 0. The Morgan fingerprint density at radius 3 is 2.83 bits per heavy atom. The number of benzene rings is 1. The number of aryl methyl sites for hydroxylation is 1. The lowest BCUT2D eigenvalue weighted by Crippen LogP contribution is -2.31. The van der Waals surface area contributed by atoms with Gasteiger partial charge in [-0.15, -0.1) is 0 Å². The summed E-state index contributed by atoms with van der Waals surface area (Å²) in [5.41, 5.74) is 1.16. The molecule has 0 saturated carbocycles. The van der Waals surface area contributed by atoms with Crippen molar-refractivity contribution >= 4 is 17.5 Å². The van der Waals surface area contributed by atoms with Gasteiger partial charge in [-0.3, -0.25) is 4.79 Å². The third kappa shape index (κ3) is 4.26. The molecule has 2 rings (SSSR count). The Kier molecular flexibility index (Phi) is 5.66. The van der Waals surface area contributed by atoms with Gasteiger partial charge in [-0.2, -0.15) is 0 Å². The summed E-state index contributed by atoms with van der Waals surface area (Å²) in [4.78, 5) is 14.2. The summed E-state index contributed by atoms with van der Waals surface area (Å²) in [5, 5.41) is 4.53. The molecule has 5 nitrogen and oxygen atoms in total. The van der Waals surface area contributed by atoms with Crippen LogP contribution in [0, 0.1) is 6.92 Å². The van der Waals surface area contributed by atoms with Crippen molar-refractivity contribution in [2.75, 3.05) is 20.2 Å². The quantitative estimate of drug-likeness (QED) is 0.802. The van der Waals surface area contributed by atoms with Crippen molar-refractivity contribution < 1.29 is 14.1 Å². The van der Waals surface area contributed by atoms with Crippen molar-refractivity contribution in [2.45, 2.75) is 26.7 Å². The molecule has 0 unspecified atom stereocenters.